The zero-order chi connectivity index (χ0) is 31.0. The fourth-order valence-electron chi connectivity index (χ4n) is 5.68. The number of benzene rings is 3. The number of hydrogen-bond acceptors (Lipinski definition) is 8. The van der Waals surface area contributed by atoms with E-state index in [1.807, 2.05) is 13.8 Å². The number of aromatic nitrogens is 1. The maximum atomic E-state index is 14.0. The molecule has 2 aliphatic rings. The third kappa shape index (κ3) is 5.50. The highest BCUT2D eigenvalue weighted by molar-refractivity contribution is 7.22. The summed E-state index contributed by atoms with van der Waals surface area (Å²) < 4.78 is 32.3. The molecule has 6 rings (SSSR count). The van der Waals surface area contributed by atoms with Crippen molar-refractivity contribution < 1.29 is 33.3 Å². The predicted octanol–water partition coefficient (Wildman–Crippen LogP) is 7.35. The van der Waals surface area contributed by atoms with E-state index in [0.29, 0.717) is 52.5 Å². The van der Waals surface area contributed by atoms with Gasteiger partial charge in [0.15, 0.2) is 16.6 Å². The van der Waals surface area contributed by atoms with E-state index in [0.717, 1.165) is 41.9 Å². The standard InChI is InChI=1S/C34H33FN2O6S/c1-4-6-7-14-42-26-13-8-20(17-27(26)41-5-2)30-29(31(38)21-9-12-25-22(16-21)15-19(3)43-25)32(39)33(40)37(30)34-36-24-11-10-23(35)18-28(24)44-34/h8-13,16-19,30,38H,4-7,14-15H2,1-3H3. The van der Waals surface area contributed by atoms with Crippen molar-refractivity contribution in [3.8, 4) is 17.2 Å². The molecule has 0 aliphatic carbocycles. The Morgan fingerprint density at radius 1 is 1.07 bits per heavy atom. The molecule has 8 nitrogen and oxygen atoms in total. The second-order valence-corrected chi connectivity index (χ2v) is 11.9. The number of thiazole rings is 1. The van der Waals surface area contributed by atoms with E-state index in [-0.39, 0.29) is 22.6 Å². The minimum atomic E-state index is -1.03. The summed E-state index contributed by atoms with van der Waals surface area (Å²) in [6.45, 7) is 6.83. The van der Waals surface area contributed by atoms with Gasteiger partial charge >= 0.3 is 5.91 Å². The summed E-state index contributed by atoms with van der Waals surface area (Å²) in [7, 11) is 0. The molecule has 1 amide bonds. The van der Waals surface area contributed by atoms with Crippen LogP contribution in [0.4, 0.5) is 9.52 Å². The van der Waals surface area contributed by atoms with E-state index < -0.39 is 23.5 Å². The lowest BCUT2D eigenvalue weighted by Crippen LogP contribution is -2.29. The topological polar surface area (TPSA) is 98.2 Å². The first-order valence-corrected chi connectivity index (χ1v) is 15.7. The normalized spacial score (nSPS) is 19.0. The molecule has 1 saturated heterocycles. The predicted molar refractivity (Wildman–Crippen MR) is 167 cm³/mol. The molecule has 44 heavy (non-hydrogen) atoms. The Kier molecular flexibility index (Phi) is 8.27. The summed E-state index contributed by atoms with van der Waals surface area (Å²) in [5.41, 5.74) is 2.25. The molecule has 2 aliphatic heterocycles. The van der Waals surface area contributed by atoms with Crippen LogP contribution in [-0.2, 0) is 16.0 Å². The van der Waals surface area contributed by atoms with Gasteiger partial charge in [-0.3, -0.25) is 14.5 Å². The fourth-order valence-corrected chi connectivity index (χ4v) is 6.69. The van der Waals surface area contributed by atoms with Crippen molar-refractivity contribution in [2.45, 2.75) is 58.6 Å². The number of fused-ring (bicyclic) bond motifs is 2. The Morgan fingerprint density at radius 2 is 1.91 bits per heavy atom. The monoisotopic (exact) mass is 616 g/mol. The number of Topliss-reactive ketones (excluding diaryl/α,β-unsaturated/α-hetero) is 1. The van der Waals surface area contributed by atoms with Crippen LogP contribution in [0.25, 0.3) is 16.0 Å². The van der Waals surface area contributed by atoms with Gasteiger partial charge < -0.3 is 19.3 Å². The molecule has 1 aromatic heterocycles. The quantitative estimate of drug-likeness (QED) is 0.0861. The highest BCUT2D eigenvalue weighted by atomic mass is 32.1. The van der Waals surface area contributed by atoms with Gasteiger partial charge in [-0.1, -0.05) is 37.2 Å². The van der Waals surface area contributed by atoms with Gasteiger partial charge in [-0.15, -0.1) is 0 Å². The molecule has 3 heterocycles. The number of aliphatic hydroxyl groups is 1. The molecule has 228 valence electrons. The molecule has 3 aromatic carbocycles. The smallest absolute Gasteiger partial charge is 0.301 e. The second-order valence-electron chi connectivity index (χ2n) is 10.9. The van der Waals surface area contributed by atoms with Crippen LogP contribution in [0.3, 0.4) is 0 Å². The third-order valence-electron chi connectivity index (χ3n) is 7.75. The third-order valence-corrected chi connectivity index (χ3v) is 8.77. The number of ketones is 1. The average molecular weight is 617 g/mol. The first-order valence-electron chi connectivity index (χ1n) is 14.9. The van der Waals surface area contributed by atoms with Crippen LogP contribution in [0, 0.1) is 5.82 Å². The molecule has 2 unspecified atom stereocenters. The molecule has 1 fully saturated rings. The van der Waals surface area contributed by atoms with Gasteiger partial charge in [0.2, 0.25) is 0 Å². The minimum absolute atomic E-state index is 0.00320. The summed E-state index contributed by atoms with van der Waals surface area (Å²) in [6, 6.07) is 13.6. The summed E-state index contributed by atoms with van der Waals surface area (Å²) in [6.07, 6.45) is 3.65. The molecule has 0 spiro atoms. The van der Waals surface area contributed by atoms with Crippen LogP contribution in [-0.4, -0.2) is 41.1 Å². The number of rotatable bonds is 10. The van der Waals surface area contributed by atoms with Crippen molar-refractivity contribution in [3.63, 3.8) is 0 Å². The van der Waals surface area contributed by atoms with Crippen molar-refractivity contribution in [3.05, 3.63) is 82.7 Å². The van der Waals surface area contributed by atoms with E-state index in [9.17, 15) is 19.1 Å². The van der Waals surface area contributed by atoms with Crippen LogP contribution < -0.4 is 19.1 Å². The Bertz CT molecular complexity index is 1780. The van der Waals surface area contributed by atoms with Crippen molar-refractivity contribution >= 4 is 44.1 Å². The maximum Gasteiger partial charge on any atom is 0.301 e. The van der Waals surface area contributed by atoms with Gasteiger partial charge in [0.05, 0.1) is 35.0 Å². The molecular formula is C34H33FN2O6S. The molecule has 2 atom stereocenters. The van der Waals surface area contributed by atoms with Crippen molar-refractivity contribution in [1.29, 1.82) is 0 Å². The van der Waals surface area contributed by atoms with E-state index in [4.69, 9.17) is 14.2 Å². The van der Waals surface area contributed by atoms with Crippen molar-refractivity contribution in [2.24, 2.45) is 0 Å². The first-order chi connectivity index (χ1) is 21.3. The maximum absolute atomic E-state index is 14.0. The number of nitrogens with zero attached hydrogens (tertiary/aromatic N) is 2. The Labute approximate surface area is 258 Å². The summed E-state index contributed by atoms with van der Waals surface area (Å²) >= 11 is 1.10. The van der Waals surface area contributed by atoms with Gasteiger partial charge in [0.25, 0.3) is 5.78 Å². The fraction of sp³-hybridized carbons (Fsp3) is 0.324. The zero-order valence-corrected chi connectivity index (χ0v) is 25.6. The summed E-state index contributed by atoms with van der Waals surface area (Å²) in [5, 5.41) is 11.9. The number of hydrogen-bond donors (Lipinski definition) is 1. The van der Waals surface area contributed by atoms with Gasteiger partial charge in [0.1, 0.15) is 23.4 Å². The first kappa shape index (κ1) is 29.6. The number of carbonyl (C=O) groups is 2. The van der Waals surface area contributed by atoms with Crippen LogP contribution in [0.2, 0.25) is 0 Å². The number of carbonyl (C=O) groups excluding carboxylic acids is 2. The highest BCUT2D eigenvalue weighted by Gasteiger charge is 2.48. The van der Waals surface area contributed by atoms with Crippen LogP contribution >= 0.6 is 11.3 Å². The van der Waals surface area contributed by atoms with E-state index in [2.05, 4.69) is 11.9 Å². The molecule has 0 saturated carbocycles. The van der Waals surface area contributed by atoms with Crippen molar-refractivity contribution in [1.82, 2.24) is 4.98 Å². The molecule has 10 heteroatoms. The SMILES string of the molecule is CCCCCOc1ccc(C2C(=C(O)c3ccc4c(c3)CC(C)O4)C(=O)C(=O)N2c2nc3ccc(F)cc3s2)cc1OCC. The molecular weight excluding hydrogens is 583 g/mol. The Balaban J connectivity index is 1.49. The molecule has 0 radical (unpaired) electrons. The molecule has 4 aromatic rings. The number of ether oxygens (including phenoxy) is 3. The molecule has 0 bridgehead atoms. The number of amides is 1. The number of halogens is 1. The Morgan fingerprint density at radius 3 is 2.70 bits per heavy atom. The molecule has 1 N–H and O–H groups in total. The Hall–Kier alpha value is -4.44. The van der Waals surface area contributed by atoms with Gasteiger partial charge in [-0.05, 0) is 79.9 Å². The van der Waals surface area contributed by atoms with Crippen LogP contribution in [0.15, 0.2) is 60.2 Å². The van der Waals surface area contributed by atoms with Gasteiger partial charge in [0, 0.05) is 12.0 Å². The number of unbranched alkanes of at least 4 members (excludes halogenated alkanes) is 2. The van der Waals surface area contributed by atoms with E-state index in [1.165, 1.54) is 23.1 Å². The number of aliphatic hydroxyl groups excluding tert-OH is 1. The minimum Gasteiger partial charge on any atom is -0.507 e. The summed E-state index contributed by atoms with van der Waals surface area (Å²) in [4.78, 5) is 33.3. The van der Waals surface area contributed by atoms with E-state index >= 15 is 0 Å². The lowest BCUT2D eigenvalue weighted by atomic mass is 9.94. The lowest BCUT2D eigenvalue weighted by molar-refractivity contribution is -0.132. The number of anilines is 1. The average Bonchev–Trinajstić information content (AvgIpc) is 3.67. The van der Waals surface area contributed by atoms with Crippen LogP contribution in [0.1, 0.15) is 62.8 Å². The van der Waals surface area contributed by atoms with Crippen LogP contribution in [0.5, 0.6) is 17.2 Å². The largest absolute Gasteiger partial charge is 0.507 e. The van der Waals surface area contributed by atoms with Crippen molar-refractivity contribution in [2.75, 3.05) is 18.1 Å². The summed E-state index contributed by atoms with van der Waals surface area (Å²) in [5.74, 6) is -0.689. The van der Waals surface area contributed by atoms with Gasteiger partial charge in [-0.25, -0.2) is 9.37 Å². The zero-order valence-electron chi connectivity index (χ0n) is 24.8. The van der Waals surface area contributed by atoms with E-state index in [1.54, 1.807) is 36.4 Å². The van der Waals surface area contributed by atoms with Gasteiger partial charge in [-0.2, -0.15) is 0 Å². The highest BCUT2D eigenvalue weighted by Crippen LogP contribution is 2.46. The lowest BCUT2D eigenvalue weighted by Gasteiger charge is -2.24. The second kappa shape index (κ2) is 12.3.